The molecule has 0 bridgehead atoms. The van der Waals surface area contributed by atoms with Gasteiger partial charge in [-0.3, -0.25) is 0 Å². The van der Waals surface area contributed by atoms with E-state index >= 15 is 0 Å². The first-order chi connectivity index (χ1) is 9.29. The third-order valence-corrected chi connectivity index (χ3v) is 4.21. The highest BCUT2D eigenvalue weighted by atomic mass is 32.2. The summed E-state index contributed by atoms with van der Waals surface area (Å²) >= 11 is 0. The summed E-state index contributed by atoms with van der Waals surface area (Å²) in [6, 6.07) is 11.7. The van der Waals surface area contributed by atoms with Crippen LogP contribution in [0.15, 0.2) is 64.4 Å². The fourth-order valence-electron chi connectivity index (χ4n) is 1.56. The summed E-state index contributed by atoms with van der Waals surface area (Å²) in [5, 5.41) is 0. The molecule has 106 valence electrons. The maximum absolute atomic E-state index is 12.2. The van der Waals surface area contributed by atoms with E-state index in [4.69, 9.17) is 0 Å². The summed E-state index contributed by atoms with van der Waals surface area (Å²) in [5.41, 5.74) is 0. The predicted molar refractivity (Wildman–Crippen MR) is 65.0 cm³/mol. The molecule has 0 aliphatic heterocycles. The summed E-state index contributed by atoms with van der Waals surface area (Å²) in [7, 11) is -3.74. The van der Waals surface area contributed by atoms with Gasteiger partial charge in [0.05, 0.1) is 9.79 Å². The van der Waals surface area contributed by atoms with Crippen molar-refractivity contribution in [1.29, 1.82) is 0 Å². The first-order valence-electron chi connectivity index (χ1n) is 5.45. The lowest BCUT2D eigenvalue weighted by Crippen LogP contribution is -2.17. The molecule has 2 aromatic rings. The zero-order valence-corrected chi connectivity index (χ0v) is 10.8. The van der Waals surface area contributed by atoms with Crippen molar-refractivity contribution in [1.82, 2.24) is 0 Å². The Morgan fingerprint density at radius 1 is 0.800 bits per heavy atom. The fourth-order valence-corrected chi connectivity index (χ4v) is 2.84. The topological polar surface area (TPSA) is 43.4 Å². The third-order valence-electron chi connectivity index (χ3n) is 2.42. The van der Waals surface area contributed by atoms with Crippen molar-refractivity contribution in [2.45, 2.75) is 16.2 Å². The summed E-state index contributed by atoms with van der Waals surface area (Å²) in [6.45, 7) is 0. The third kappa shape index (κ3) is 3.30. The van der Waals surface area contributed by atoms with Gasteiger partial charge in [0.15, 0.2) is 0 Å². The van der Waals surface area contributed by atoms with Gasteiger partial charge >= 0.3 is 6.36 Å². The Morgan fingerprint density at radius 2 is 1.30 bits per heavy atom. The van der Waals surface area contributed by atoms with E-state index in [2.05, 4.69) is 4.74 Å². The monoisotopic (exact) mass is 302 g/mol. The van der Waals surface area contributed by atoms with Crippen molar-refractivity contribution in [3.05, 3.63) is 54.6 Å². The van der Waals surface area contributed by atoms with Crippen molar-refractivity contribution in [2.24, 2.45) is 0 Å². The van der Waals surface area contributed by atoms with E-state index in [1.54, 1.807) is 18.2 Å². The molecule has 0 amide bonds. The molecule has 0 heterocycles. The lowest BCUT2D eigenvalue weighted by Gasteiger charge is -2.09. The summed E-state index contributed by atoms with van der Waals surface area (Å²) in [6.07, 6.45) is -4.81. The van der Waals surface area contributed by atoms with Gasteiger partial charge in [-0.2, -0.15) is 0 Å². The highest BCUT2D eigenvalue weighted by Gasteiger charge is 2.31. The number of benzene rings is 2. The second-order valence-electron chi connectivity index (χ2n) is 3.84. The van der Waals surface area contributed by atoms with Gasteiger partial charge in [-0.05, 0) is 36.4 Å². The molecule has 0 aliphatic rings. The number of ether oxygens (including phenoxy) is 1. The Labute approximate surface area is 113 Å². The second kappa shape index (κ2) is 5.16. The molecule has 0 aromatic heterocycles. The Morgan fingerprint density at radius 3 is 1.80 bits per heavy atom. The Hall–Kier alpha value is -2.02. The van der Waals surface area contributed by atoms with Gasteiger partial charge in [0.25, 0.3) is 0 Å². The van der Waals surface area contributed by atoms with Crippen LogP contribution in [0.5, 0.6) is 5.75 Å². The molecular formula is C13H9F3O3S. The summed E-state index contributed by atoms with van der Waals surface area (Å²) < 4.78 is 64.0. The molecule has 2 aromatic carbocycles. The molecule has 0 atom stereocenters. The molecule has 7 heteroatoms. The average molecular weight is 302 g/mol. The molecule has 0 radical (unpaired) electrons. The molecule has 0 aliphatic carbocycles. The first kappa shape index (κ1) is 14.4. The number of alkyl halides is 3. The van der Waals surface area contributed by atoms with Crippen molar-refractivity contribution in [3.63, 3.8) is 0 Å². The molecule has 0 fully saturated rings. The van der Waals surface area contributed by atoms with Crippen molar-refractivity contribution < 1.29 is 26.3 Å². The van der Waals surface area contributed by atoms with Gasteiger partial charge < -0.3 is 4.74 Å². The van der Waals surface area contributed by atoms with Crippen LogP contribution in [-0.4, -0.2) is 14.8 Å². The van der Waals surface area contributed by atoms with Crippen molar-refractivity contribution in [3.8, 4) is 5.75 Å². The Kier molecular flexibility index (Phi) is 3.71. The first-order valence-corrected chi connectivity index (χ1v) is 6.93. The second-order valence-corrected chi connectivity index (χ2v) is 5.79. The fraction of sp³-hybridized carbons (Fsp3) is 0.0769. The van der Waals surface area contributed by atoms with E-state index < -0.39 is 21.9 Å². The molecule has 20 heavy (non-hydrogen) atoms. The van der Waals surface area contributed by atoms with Crippen LogP contribution < -0.4 is 4.74 Å². The maximum atomic E-state index is 12.2. The number of sulfone groups is 1. The molecule has 0 spiro atoms. The normalized spacial score (nSPS) is 12.2. The zero-order valence-electron chi connectivity index (χ0n) is 9.96. The standard InChI is InChI=1S/C13H9F3O3S/c14-13(15,16)19-10-6-8-12(9-7-10)20(17,18)11-4-2-1-3-5-11/h1-9H. The molecular weight excluding hydrogens is 293 g/mol. The molecule has 3 nitrogen and oxygen atoms in total. The SMILES string of the molecule is O=S(=O)(c1ccccc1)c1ccc(OC(F)(F)F)cc1. The van der Waals surface area contributed by atoms with Crippen LogP contribution in [0.2, 0.25) is 0 Å². The van der Waals surface area contributed by atoms with Gasteiger partial charge in [0.1, 0.15) is 5.75 Å². The van der Waals surface area contributed by atoms with E-state index in [1.807, 2.05) is 0 Å². The Bertz CT molecular complexity index is 677. The van der Waals surface area contributed by atoms with E-state index in [1.165, 1.54) is 12.1 Å². The van der Waals surface area contributed by atoms with Gasteiger partial charge in [0.2, 0.25) is 9.84 Å². The van der Waals surface area contributed by atoms with Crippen molar-refractivity contribution in [2.75, 3.05) is 0 Å². The van der Waals surface area contributed by atoms with Crippen LogP contribution >= 0.6 is 0 Å². The highest BCUT2D eigenvalue weighted by molar-refractivity contribution is 7.91. The van der Waals surface area contributed by atoms with Gasteiger partial charge in [-0.25, -0.2) is 8.42 Å². The van der Waals surface area contributed by atoms with E-state index in [-0.39, 0.29) is 9.79 Å². The lowest BCUT2D eigenvalue weighted by atomic mass is 10.3. The number of hydrogen-bond donors (Lipinski definition) is 0. The minimum atomic E-state index is -4.81. The molecule has 0 unspecified atom stereocenters. The molecule has 0 saturated heterocycles. The zero-order chi connectivity index (χ0) is 14.8. The number of halogens is 3. The van der Waals surface area contributed by atoms with Gasteiger partial charge in [0, 0.05) is 0 Å². The minimum Gasteiger partial charge on any atom is -0.406 e. The minimum absolute atomic E-state index is 0.0736. The van der Waals surface area contributed by atoms with E-state index in [9.17, 15) is 21.6 Å². The van der Waals surface area contributed by atoms with Gasteiger partial charge in [-0.1, -0.05) is 18.2 Å². The summed E-state index contributed by atoms with van der Waals surface area (Å²) in [4.78, 5) is -0.0253. The maximum Gasteiger partial charge on any atom is 0.573 e. The van der Waals surface area contributed by atoms with Crippen LogP contribution in [0.25, 0.3) is 0 Å². The smallest absolute Gasteiger partial charge is 0.406 e. The average Bonchev–Trinajstić information content (AvgIpc) is 2.38. The largest absolute Gasteiger partial charge is 0.573 e. The van der Waals surface area contributed by atoms with Crippen molar-refractivity contribution >= 4 is 9.84 Å². The van der Waals surface area contributed by atoms with Crippen LogP contribution in [0.4, 0.5) is 13.2 Å². The van der Waals surface area contributed by atoms with E-state index in [0.29, 0.717) is 0 Å². The van der Waals surface area contributed by atoms with E-state index in [0.717, 1.165) is 24.3 Å². The molecule has 0 saturated carbocycles. The Balaban J connectivity index is 2.31. The van der Waals surface area contributed by atoms with Crippen LogP contribution in [0.1, 0.15) is 0 Å². The quantitative estimate of drug-likeness (QED) is 0.872. The summed E-state index contributed by atoms with van der Waals surface area (Å²) in [5.74, 6) is -0.468. The number of hydrogen-bond acceptors (Lipinski definition) is 3. The molecule has 2 rings (SSSR count). The van der Waals surface area contributed by atoms with Gasteiger partial charge in [-0.15, -0.1) is 13.2 Å². The van der Waals surface area contributed by atoms with Crippen LogP contribution in [-0.2, 0) is 9.84 Å². The molecule has 0 N–H and O–H groups in total. The predicted octanol–water partition coefficient (Wildman–Crippen LogP) is 3.42. The highest BCUT2D eigenvalue weighted by Crippen LogP contribution is 2.26. The van der Waals surface area contributed by atoms with Crippen LogP contribution in [0, 0.1) is 0 Å². The lowest BCUT2D eigenvalue weighted by molar-refractivity contribution is -0.274. The number of rotatable bonds is 3. The van der Waals surface area contributed by atoms with Crippen LogP contribution in [0.3, 0.4) is 0 Å².